The smallest absolute Gasteiger partial charge is 0.00577 e. The first-order chi connectivity index (χ1) is 9.10. The van der Waals surface area contributed by atoms with Crippen LogP contribution in [0.3, 0.4) is 0 Å². The Hall–Kier alpha value is -1.82. The molecule has 0 saturated carbocycles. The van der Waals surface area contributed by atoms with Crippen molar-refractivity contribution in [3.63, 3.8) is 0 Å². The van der Waals surface area contributed by atoms with Crippen LogP contribution < -0.4 is 0 Å². The van der Waals surface area contributed by atoms with Crippen LogP contribution >= 0.6 is 0 Å². The van der Waals surface area contributed by atoms with E-state index < -0.39 is 0 Å². The zero-order valence-electron chi connectivity index (χ0n) is 12.2. The lowest BCUT2D eigenvalue weighted by atomic mass is 9.97. The first kappa shape index (κ1) is 12.2. The predicted molar refractivity (Wildman–Crippen MR) is 85.2 cm³/mol. The topological polar surface area (TPSA) is 0 Å². The van der Waals surface area contributed by atoms with E-state index in [4.69, 9.17) is 0 Å². The first-order valence-corrected chi connectivity index (χ1v) is 6.97. The summed E-state index contributed by atoms with van der Waals surface area (Å²) >= 11 is 0. The van der Waals surface area contributed by atoms with Crippen molar-refractivity contribution in [1.82, 2.24) is 0 Å². The highest BCUT2D eigenvalue weighted by molar-refractivity contribution is 5.91. The van der Waals surface area contributed by atoms with Crippen LogP contribution in [-0.4, -0.2) is 0 Å². The van der Waals surface area contributed by atoms with Gasteiger partial charge in [0.2, 0.25) is 0 Å². The molecule has 0 unspecified atom stereocenters. The average Bonchev–Trinajstić information content (AvgIpc) is 2.70. The van der Waals surface area contributed by atoms with Gasteiger partial charge >= 0.3 is 0 Å². The van der Waals surface area contributed by atoms with Crippen molar-refractivity contribution in [2.45, 2.75) is 34.1 Å². The minimum absolute atomic E-state index is 1.12. The normalized spacial score (nSPS) is 15.3. The fourth-order valence-corrected chi connectivity index (χ4v) is 2.90. The fourth-order valence-electron chi connectivity index (χ4n) is 2.90. The molecule has 0 bridgehead atoms. The van der Waals surface area contributed by atoms with Crippen molar-refractivity contribution in [3.8, 4) is 0 Å². The van der Waals surface area contributed by atoms with E-state index in [0.29, 0.717) is 0 Å². The van der Waals surface area contributed by atoms with E-state index in [9.17, 15) is 0 Å². The highest BCUT2D eigenvalue weighted by atomic mass is 14.2. The van der Waals surface area contributed by atoms with Crippen LogP contribution in [-0.2, 0) is 6.42 Å². The summed E-state index contributed by atoms with van der Waals surface area (Å²) < 4.78 is 0. The molecule has 0 heterocycles. The maximum Gasteiger partial charge on any atom is -0.00577 e. The van der Waals surface area contributed by atoms with Gasteiger partial charge in [0, 0.05) is 0 Å². The summed E-state index contributed by atoms with van der Waals surface area (Å²) in [5.74, 6) is 0. The molecular weight excluding hydrogens is 228 g/mol. The zero-order valence-corrected chi connectivity index (χ0v) is 12.2. The zero-order chi connectivity index (χ0) is 13.6. The third kappa shape index (κ3) is 1.92. The Bertz CT molecular complexity index is 727. The van der Waals surface area contributed by atoms with Crippen molar-refractivity contribution < 1.29 is 0 Å². The van der Waals surface area contributed by atoms with Crippen LogP contribution in [0.5, 0.6) is 0 Å². The predicted octanol–water partition coefficient (Wildman–Crippen LogP) is 5.61. The van der Waals surface area contributed by atoms with Crippen LogP contribution in [0.4, 0.5) is 0 Å². The lowest BCUT2D eigenvalue weighted by Crippen LogP contribution is -1.86. The number of rotatable bonds is 1. The number of fused-ring (bicyclic) bond motifs is 2. The number of benzene rings is 2. The van der Waals surface area contributed by atoms with Gasteiger partial charge in [-0.1, -0.05) is 29.8 Å². The molecule has 0 fully saturated rings. The number of hydrogen-bond acceptors (Lipinski definition) is 0. The van der Waals surface area contributed by atoms with E-state index in [1.807, 2.05) is 0 Å². The van der Waals surface area contributed by atoms with Crippen LogP contribution in [0.1, 0.15) is 44.4 Å². The second kappa shape index (κ2) is 4.38. The lowest BCUT2D eigenvalue weighted by Gasteiger charge is -2.08. The Balaban J connectivity index is 2.20. The van der Waals surface area contributed by atoms with Gasteiger partial charge in [-0.25, -0.2) is 0 Å². The van der Waals surface area contributed by atoms with E-state index in [0.717, 1.165) is 6.42 Å². The molecule has 3 rings (SSSR count). The van der Waals surface area contributed by atoms with E-state index in [-0.39, 0.29) is 0 Å². The van der Waals surface area contributed by atoms with Crippen molar-refractivity contribution in [2.75, 3.05) is 0 Å². The van der Waals surface area contributed by atoms with Crippen LogP contribution in [0, 0.1) is 0 Å². The lowest BCUT2D eigenvalue weighted by molar-refractivity contribution is 1.20. The quantitative estimate of drug-likeness (QED) is 0.615. The molecule has 19 heavy (non-hydrogen) atoms. The molecule has 0 spiro atoms. The van der Waals surface area contributed by atoms with Crippen LogP contribution in [0.25, 0.3) is 21.9 Å². The summed E-state index contributed by atoms with van der Waals surface area (Å²) in [6.45, 7) is 8.75. The molecule has 96 valence electrons. The van der Waals surface area contributed by atoms with Gasteiger partial charge in [-0.15, -0.1) is 0 Å². The third-order valence-corrected chi connectivity index (χ3v) is 4.45. The first-order valence-electron chi connectivity index (χ1n) is 6.97. The molecule has 0 aliphatic heterocycles. The number of allylic oxidation sites excluding steroid dienone is 4. The summed E-state index contributed by atoms with van der Waals surface area (Å²) in [6, 6.07) is 11.5. The molecule has 0 heteroatoms. The van der Waals surface area contributed by atoms with Crippen molar-refractivity contribution in [2.24, 2.45) is 0 Å². The molecule has 0 nitrogen and oxygen atoms in total. The molecule has 0 atom stereocenters. The SMILES string of the molecule is CC=C(C)c1ccc2cc3c(cc2c1)CC(C)=C3C. The maximum atomic E-state index is 2.37. The Labute approximate surface area is 115 Å². The Morgan fingerprint density at radius 3 is 2.58 bits per heavy atom. The van der Waals surface area contributed by atoms with Crippen molar-refractivity contribution in [3.05, 3.63) is 58.7 Å². The van der Waals surface area contributed by atoms with Crippen molar-refractivity contribution >= 4 is 21.9 Å². The third-order valence-electron chi connectivity index (χ3n) is 4.45. The maximum absolute atomic E-state index is 2.37. The Morgan fingerprint density at radius 1 is 1.05 bits per heavy atom. The molecule has 2 aromatic carbocycles. The average molecular weight is 248 g/mol. The molecule has 0 N–H and O–H groups in total. The largest absolute Gasteiger partial charge is 0.0841 e. The Kier molecular flexibility index (Phi) is 2.82. The van der Waals surface area contributed by atoms with Gasteiger partial charge in [-0.2, -0.15) is 0 Å². The van der Waals surface area contributed by atoms with E-state index in [1.165, 1.54) is 44.2 Å². The van der Waals surface area contributed by atoms with Gasteiger partial charge in [0.15, 0.2) is 0 Å². The fraction of sp³-hybridized carbons (Fsp3) is 0.263. The van der Waals surface area contributed by atoms with Crippen molar-refractivity contribution in [1.29, 1.82) is 0 Å². The van der Waals surface area contributed by atoms with Gasteiger partial charge in [0.1, 0.15) is 0 Å². The summed E-state index contributed by atoms with van der Waals surface area (Å²) in [5, 5.41) is 2.71. The van der Waals surface area contributed by atoms with Crippen LogP contribution in [0.15, 0.2) is 42.0 Å². The highest BCUT2D eigenvalue weighted by Gasteiger charge is 2.16. The standard InChI is InChI=1S/C19H20/c1-5-12(2)15-6-7-16-11-19-14(4)13(3)8-18(19)10-17(16)9-15/h5-7,9-11H,8H2,1-4H3. The van der Waals surface area contributed by atoms with Gasteiger partial charge in [-0.3, -0.25) is 0 Å². The number of hydrogen-bond donors (Lipinski definition) is 0. The molecule has 0 amide bonds. The van der Waals surface area contributed by atoms with E-state index in [2.05, 4.69) is 64.1 Å². The monoisotopic (exact) mass is 248 g/mol. The van der Waals surface area contributed by atoms with Crippen LogP contribution in [0.2, 0.25) is 0 Å². The highest BCUT2D eigenvalue weighted by Crippen LogP contribution is 2.35. The summed E-state index contributed by atoms with van der Waals surface area (Å²) in [6.07, 6.45) is 3.29. The molecule has 0 radical (unpaired) electrons. The second-order valence-corrected chi connectivity index (χ2v) is 5.63. The van der Waals surface area contributed by atoms with E-state index >= 15 is 0 Å². The molecular formula is C19H20. The molecule has 0 aromatic heterocycles. The summed E-state index contributed by atoms with van der Waals surface area (Å²) in [4.78, 5) is 0. The van der Waals surface area contributed by atoms with Gasteiger partial charge in [-0.05, 0) is 84.9 Å². The minimum Gasteiger partial charge on any atom is -0.0841 e. The minimum atomic E-state index is 1.12. The van der Waals surface area contributed by atoms with Gasteiger partial charge in [0.25, 0.3) is 0 Å². The molecule has 1 aliphatic carbocycles. The second-order valence-electron chi connectivity index (χ2n) is 5.63. The van der Waals surface area contributed by atoms with Gasteiger partial charge in [0.05, 0.1) is 0 Å². The molecule has 2 aromatic rings. The summed E-state index contributed by atoms with van der Waals surface area (Å²) in [5.41, 5.74) is 8.57. The molecule has 1 aliphatic rings. The summed E-state index contributed by atoms with van der Waals surface area (Å²) in [7, 11) is 0. The van der Waals surface area contributed by atoms with E-state index in [1.54, 1.807) is 0 Å². The Morgan fingerprint density at radius 2 is 1.84 bits per heavy atom. The van der Waals surface area contributed by atoms with Gasteiger partial charge < -0.3 is 0 Å². The molecule has 0 saturated heterocycles.